The fourth-order valence-electron chi connectivity index (χ4n) is 4.55. The van der Waals surface area contributed by atoms with E-state index in [-0.39, 0.29) is 0 Å². The maximum atomic E-state index is 4.54. The molecular formula is C29H30BrP. The standard InChI is InChI=1S/C29H30BrP/c1-2-12-25-19-21-26(22-20-25)23-24-31(30,27-13-6-3-7-14-27,28-15-8-4-9-16-28)29-17-10-5-11-18-29/h3-11,13-22H,2,12,23-24H2,1H3. The first-order valence-corrected chi connectivity index (χ1v) is 15.6. The molecule has 158 valence electrons. The first-order chi connectivity index (χ1) is 15.1. The molecule has 0 unspecified atom stereocenters. The summed E-state index contributed by atoms with van der Waals surface area (Å²) in [5.41, 5.74) is 2.83. The van der Waals surface area contributed by atoms with Crippen LogP contribution in [0.15, 0.2) is 115 Å². The number of aryl methyl sites for hydroxylation is 2. The predicted octanol–water partition coefficient (Wildman–Crippen LogP) is 7.02. The van der Waals surface area contributed by atoms with Gasteiger partial charge in [-0.25, -0.2) is 0 Å². The van der Waals surface area contributed by atoms with Gasteiger partial charge in [0.15, 0.2) is 0 Å². The molecule has 0 aliphatic carbocycles. The molecule has 4 aromatic carbocycles. The molecule has 0 bridgehead atoms. The zero-order valence-corrected chi connectivity index (χ0v) is 20.6. The van der Waals surface area contributed by atoms with Gasteiger partial charge >= 0.3 is 195 Å². The van der Waals surface area contributed by atoms with Crippen LogP contribution >= 0.6 is 20.8 Å². The van der Waals surface area contributed by atoms with Gasteiger partial charge < -0.3 is 0 Å². The summed E-state index contributed by atoms with van der Waals surface area (Å²) in [5.74, 6) is 0. The van der Waals surface area contributed by atoms with Crippen LogP contribution in [-0.4, -0.2) is 6.16 Å². The number of rotatable bonds is 8. The fourth-order valence-corrected chi connectivity index (χ4v) is 11.9. The minimum atomic E-state index is -2.84. The van der Waals surface area contributed by atoms with E-state index in [1.54, 1.807) is 0 Å². The van der Waals surface area contributed by atoms with Gasteiger partial charge in [-0.15, -0.1) is 0 Å². The molecule has 0 spiro atoms. The number of hydrogen-bond acceptors (Lipinski definition) is 0. The molecule has 0 saturated carbocycles. The number of hydrogen-bond donors (Lipinski definition) is 0. The molecule has 0 aromatic heterocycles. The van der Waals surface area contributed by atoms with Gasteiger partial charge in [0, 0.05) is 0 Å². The van der Waals surface area contributed by atoms with Gasteiger partial charge in [0.1, 0.15) is 0 Å². The van der Waals surface area contributed by atoms with E-state index in [1.807, 2.05) is 0 Å². The average molecular weight is 489 g/mol. The van der Waals surface area contributed by atoms with Crippen molar-refractivity contribution in [3.05, 3.63) is 126 Å². The van der Waals surface area contributed by atoms with E-state index in [2.05, 4.69) is 138 Å². The van der Waals surface area contributed by atoms with Gasteiger partial charge in [0.2, 0.25) is 0 Å². The van der Waals surface area contributed by atoms with Crippen LogP contribution < -0.4 is 15.9 Å². The second-order valence-corrected chi connectivity index (χ2v) is 17.3. The Kier molecular flexibility index (Phi) is 6.75. The Balaban J connectivity index is 1.86. The van der Waals surface area contributed by atoms with Gasteiger partial charge in [-0.3, -0.25) is 0 Å². The van der Waals surface area contributed by atoms with Crippen LogP contribution in [0.3, 0.4) is 0 Å². The molecule has 0 fully saturated rings. The van der Waals surface area contributed by atoms with Crippen molar-refractivity contribution >= 4 is 36.7 Å². The van der Waals surface area contributed by atoms with Crippen LogP contribution in [0.5, 0.6) is 0 Å². The third-order valence-corrected chi connectivity index (χ3v) is 16.2. The van der Waals surface area contributed by atoms with Gasteiger partial charge in [0.25, 0.3) is 0 Å². The predicted molar refractivity (Wildman–Crippen MR) is 143 cm³/mol. The summed E-state index contributed by atoms with van der Waals surface area (Å²) in [4.78, 5) is 0. The Morgan fingerprint density at radius 2 is 0.871 bits per heavy atom. The van der Waals surface area contributed by atoms with E-state index >= 15 is 0 Å². The van der Waals surface area contributed by atoms with E-state index in [0.717, 1.165) is 19.0 Å². The van der Waals surface area contributed by atoms with Crippen molar-refractivity contribution in [2.75, 3.05) is 6.16 Å². The quantitative estimate of drug-likeness (QED) is 0.233. The molecule has 0 saturated heterocycles. The summed E-state index contributed by atoms with van der Waals surface area (Å²) in [5, 5.41) is 1.31. The van der Waals surface area contributed by atoms with Crippen molar-refractivity contribution in [3.63, 3.8) is 0 Å². The first-order valence-electron chi connectivity index (χ1n) is 11.1. The van der Waals surface area contributed by atoms with E-state index in [4.69, 9.17) is 0 Å². The monoisotopic (exact) mass is 488 g/mol. The van der Waals surface area contributed by atoms with Gasteiger partial charge in [-0.1, -0.05) is 0 Å². The molecule has 0 atom stereocenters. The van der Waals surface area contributed by atoms with Gasteiger partial charge in [-0.2, -0.15) is 0 Å². The summed E-state index contributed by atoms with van der Waals surface area (Å²) in [6, 6.07) is 42.4. The summed E-state index contributed by atoms with van der Waals surface area (Å²) in [6.45, 7) is 2.24. The second kappa shape index (κ2) is 9.51. The first kappa shape index (κ1) is 22.0. The molecule has 0 amide bonds. The zero-order valence-electron chi connectivity index (χ0n) is 18.1. The van der Waals surface area contributed by atoms with Crippen LogP contribution in [0, 0.1) is 0 Å². The maximum absolute atomic E-state index is 4.54. The molecule has 0 aliphatic heterocycles. The zero-order chi connectivity index (χ0) is 21.6. The van der Waals surface area contributed by atoms with Gasteiger partial charge in [0.05, 0.1) is 0 Å². The molecule has 0 N–H and O–H groups in total. The van der Waals surface area contributed by atoms with E-state index in [9.17, 15) is 0 Å². The normalized spacial score (nSPS) is 12.8. The van der Waals surface area contributed by atoms with Crippen LogP contribution in [-0.2, 0) is 12.8 Å². The Hall–Kier alpha value is -2.21. The third-order valence-electron chi connectivity index (χ3n) is 6.27. The Labute approximate surface area is 195 Å². The van der Waals surface area contributed by atoms with Crippen molar-refractivity contribution in [2.45, 2.75) is 26.2 Å². The minimum absolute atomic E-state index is 1.02. The topological polar surface area (TPSA) is 0 Å². The molecule has 2 heteroatoms. The molecule has 0 radical (unpaired) electrons. The Morgan fingerprint density at radius 3 is 1.23 bits per heavy atom. The summed E-state index contributed by atoms with van der Waals surface area (Å²) in [7, 11) is 0. The molecule has 4 aromatic rings. The van der Waals surface area contributed by atoms with Crippen molar-refractivity contribution in [1.29, 1.82) is 0 Å². The van der Waals surface area contributed by atoms with E-state index < -0.39 is 5.31 Å². The molecule has 31 heavy (non-hydrogen) atoms. The second-order valence-electron chi connectivity index (χ2n) is 8.23. The van der Waals surface area contributed by atoms with Crippen LogP contribution in [0.1, 0.15) is 24.5 Å². The molecule has 4 rings (SSSR count). The van der Waals surface area contributed by atoms with E-state index in [0.29, 0.717) is 0 Å². The van der Waals surface area contributed by atoms with Crippen LogP contribution in [0.4, 0.5) is 0 Å². The van der Waals surface area contributed by atoms with Gasteiger partial charge in [-0.05, 0) is 0 Å². The fraction of sp³-hybridized carbons (Fsp3) is 0.172. The van der Waals surface area contributed by atoms with Crippen molar-refractivity contribution in [3.8, 4) is 0 Å². The summed E-state index contributed by atoms with van der Waals surface area (Å²) in [6.07, 6.45) is 4.40. The summed E-state index contributed by atoms with van der Waals surface area (Å²) >= 11 is 4.54. The van der Waals surface area contributed by atoms with Crippen LogP contribution in [0.2, 0.25) is 0 Å². The molecule has 0 aliphatic rings. The number of benzene rings is 4. The van der Waals surface area contributed by atoms with Crippen molar-refractivity contribution < 1.29 is 0 Å². The molecule has 0 heterocycles. The Morgan fingerprint density at radius 1 is 0.516 bits per heavy atom. The number of halogens is 1. The summed E-state index contributed by atoms with van der Waals surface area (Å²) < 4.78 is 0. The third kappa shape index (κ3) is 4.27. The van der Waals surface area contributed by atoms with Crippen LogP contribution in [0.25, 0.3) is 0 Å². The SMILES string of the molecule is CCCc1ccc(CCP(Br)(c2ccccc2)(c2ccccc2)c2ccccc2)cc1. The Bertz CT molecular complexity index is 990. The van der Waals surface area contributed by atoms with Crippen molar-refractivity contribution in [2.24, 2.45) is 0 Å². The van der Waals surface area contributed by atoms with E-state index in [1.165, 1.54) is 33.5 Å². The van der Waals surface area contributed by atoms with Crippen molar-refractivity contribution in [1.82, 2.24) is 0 Å². The molecule has 0 nitrogen and oxygen atoms in total. The molecular weight excluding hydrogens is 459 g/mol. The average Bonchev–Trinajstić information content (AvgIpc) is 2.85.